The summed E-state index contributed by atoms with van der Waals surface area (Å²) >= 11 is 2.99. The van der Waals surface area contributed by atoms with Crippen LogP contribution in [0.1, 0.15) is 12.5 Å². The van der Waals surface area contributed by atoms with E-state index in [1.165, 1.54) is 29.5 Å². The molecule has 0 spiro atoms. The predicted molar refractivity (Wildman–Crippen MR) is 126 cm³/mol. The number of benzene rings is 2. The van der Waals surface area contributed by atoms with Crippen LogP contribution in [0.25, 0.3) is 10.2 Å². The predicted octanol–water partition coefficient (Wildman–Crippen LogP) is 4.46. The topological polar surface area (TPSA) is 45.7 Å². The van der Waals surface area contributed by atoms with Crippen molar-refractivity contribution in [3.63, 3.8) is 0 Å². The van der Waals surface area contributed by atoms with Crippen molar-refractivity contribution in [2.45, 2.75) is 18.2 Å². The van der Waals surface area contributed by atoms with Crippen LogP contribution in [0.15, 0.2) is 47.4 Å². The second-order valence-corrected chi connectivity index (χ2v) is 9.41. The Balaban J connectivity index is 1.52. The zero-order valence-electron chi connectivity index (χ0n) is 17.6. The first-order valence-corrected chi connectivity index (χ1v) is 12.3. The van der Waals surface area contributed by atoms with E-state index in [1.54, 1.807) is 23.5 Å². The number of fused-ring (bicyclic) bond motifs is 1. The number of aryl methyl sites for hydroxylation is 1. The summed E-state index contributed by atoms with van der Waals surface area (Å²) in [6.07, 6.45) is 0.905. The largest absolute Gasteiger partial charge is 0.379 e. The Labute approximate surface area is 190 Å². The summed E-state index contributed by atoms with van der Waals surface area (Å²) < 4.78 is 19.7. The highest BCUT2D eigenvalue weighted by Crippen LogP contribution is 2.32. The van der Waals surface area contributed by atoms with Crippen molar-refractivity contribution in [1.29, 1.82) is 0 Å². The normalized spacial score (nSPS) is 14.8. The lowest BCUT2D eigenvalue weighted by molar-refractivity contribution is -0.116. The fourth-order valence-electron chi connectivity index (χ4n) is 3.54. The van der Waals surface area contributed by atoms with Crippen molar-refractivity contribution in [2.75, 3.05) is 50.0 Å². The Bertz CT molecular complexity index is 1020. The summed E-state index contributed by atoms with van der Waals surface area (Å²) in [5.41, 5.74) is 2.18. The van der Waals surface area contributed by atoms with E-state index in [2.05, 4.69) is 24.0 Å². The molecule has 0 N–H and O–H groups in total. The summed E-state index contributed by atoms with van der Waals surface area (Å²) in [7, 11) is 0. The van der Waals surface area contributed by atoms with E-state index in [1.807, 2.05) is 11.0 Å². The van der Waals surface area contributed by atoms with Crippen molar-refractivity contribution in [1.82, 2.24) is 9.88 Å². The number of para-hydroxylation sites is 1. The van der Waals surface area contributed by atoms with Gasteiger partial charge in [-0.2, -0.15) is 0 Å². The number of carbonyl (C=O) groups excluding carboxylic acids is 1. The molecule has 8 heteroatoms. The van der Waals surface area contributed by atoms with Gasteiger partial charge in [0.05, 0.1) is 29.2 Å². The molecule has 5 nitrogen and oxygen atoms in total. The van der Waals surface area contributed by atoms with Crippen LogP contribution in [0.4, 0.5) is 9.52 Å². The summed E-state index contributed by atoms with van der Waals surface area (Å²) in [4.78, 5) is 23.1. The molecule has 2 heterocycles. The number of thioether (sulfide) groups is 1. The molecule has 1 saturated heterocycles. The maximum Gasteiger partial charge on any atom is 0.239 e. The third-order valence-electron chi connectivity index (χ3n) is 5.32. The van der Waals surface area contributed by atoms with Gasteiger partial charge in [-0.25, -0.2) is 9.37 Å². The van der Waals surface area contributed by atoms with Crippen LogP contribution in [0, 0.1) is 5.82 Å². The fourth-order valence-corrected chi connectivity index (χ4v) is 5.37. The van der Waals surface area contributed by atoms with Crippen molar-refractivity contribution in [2.24, 2.45) is 0 Å². The summed E-state index contributed by atoms with van der Waals surface area (Å²) in [6.45, 7) is 6.72. The maximum absolute atomic E-state index is 13.2. The Morgan fingerprint density at radius 2 is 2.00 bits per heavy atom. The standard InChI is InChI=1S/C23H26FN3O2S2/c1-2-17-4-3-5-20-22(17)25-23(31-20)27(11-10-26-12-14-29-15-13-26)21(28)16-30-19-8-6-18(24)7-9-19/h3-9H,2,10-16H2,1H3. The van der Waals surface area contributed by atoms with Gasteiger partial charge in [0, 0.05) is 31.1 Å². The number of hydrogen-bond acceptors (Lipinski definition) is 6. The number of amides is 1. The number of aromatic nitrogens is 1. The Hall–Kier alpha value is -2.00. The number of hydrogen-bond donors (Lipinski definition) is 0. The molecule has 2 aromatic carbocycles. The lowest BCUT2D eigenvalue weighted by Gasteiger charge is -2.29. The minimum Gasteiger partial charge on any atom is -0.379 e. The molecule has 0 bridgehead atoms. The van der Waals surface area contributed by atoms with Crippen molar-refractivity contribution >= 4 is 44.4 Å². The van der Waals surface area contributed by atoms with Crippen LogP contribution in [0.3, 0.4) is 0 Å². The average molecular weight is 460 g/mol. The van der Waals surface area contributed by atoms with Gasteiger partial charge in [0.25, 0.3) is 0 Å². The smallest absolute Gasteiger partial charge is 0.239 e. The zero-order valence-corrected chi connectivity index (χ0v) is 19.2. The van der Waals surface area contributed by atoms with Crippen molar-refractivity contribution in [3.8, 4) is 0 Å². The van der Waals surface area contributed by atoms with Gasteiger partial charge < -0.3 is 4.74 Å². The highest BCUT2D eigenvalue weighted by Gasteiger charge is 2.22. The molecular weight excluding hydrogens is 433 g/mol. The van der Waals surface area contributed by atoms with E-state index in [0.717, 1.165) is 59.5 Å². The number of morpholine rings is 1. The molecule has 1 amide bonds. The lowest BCUT2D eigenvalue weighted by atomic mass is 10.1. The van der Waals surface area contributed by atoms with Crippen molar-refractivity contribution < 1.29 is 13.9 Å². The SMILES string of the molecule is CCc1cccc2sc(N(CCN3CCOCC3)C(=O)CSc3ccc(F)cc3)nc12. The first-order valence-electron chi connectivity index (χ1n) is 10.5. The fraction of sp³-hybridized carbons (Fsp3) is 0.391. The number of carbonyl (C=O) groups is 1. The van der Waals surface area contributed by atoms with Gasteiger partial charge in [0.15, 0.2) is 5.13 Å². The molecule has 1 aliphatic rings. The molecule has 0 unspecified atom stereocenters. The molecule has 1 aliphatic heterocycles. The molecule has 0 saturated carbocycles. The molecule has 0 aliphatic carbocycles. The van der Waals surface area contributed by atoms with E-state index in [0.29, 0.717) is 6.54 Å². The minimum absolute atomic E-state index is 0.0136. The Morgan fingerprint density at radius 1 is 1.23 bits per heavy atom. The minimum atomic E-state index is -0.274. The van der Waals surface area contributed by atoms with Gasteiger partial charge in [-0.15, -0.1) is 11.8 Å². The van der Waals surface area contributed by atoms with E-state index >= 15 is 0 Å². The second-order valence-electron chi connectivity index (χ2n) is 7.36. The lowest BCUT2D eigenvalue weighted by Crippen LogP contribution is -2.43. The van der Waals surface area contributed by atoms with Crippen LogP contribution in [-0.2, 0) is 16.0 Å². The first-order chi connectivity index (χ1) is 15.1. The van der Waals surface area contributed by atoms with Gasteiger partial charge in [-0.3, -0.25) is 14.6 Å². The summed E-state index contributed by atoms with van der Waals surface area (Å²) in [5.74, 6) is 0.0226. The number of thiazole rings is 1. The monoisotopic (exact) mass is 459 g/mol. The van der Waals surface area contributed by atoms with E-state index < -0.39 is 0 Å². The van der Waals surface area contributed by atoms with Crippen LogP contribution in [0.2, 0.25) is 0 Å². The highest BCUT2D eigenvalue weighted by molar-refractivity contribution is 8.00. The van der Waals surface area contributed by atoms with Crippen molar-refractivity contribution in [3.05, 3.63) is 53.8 Å². The molecule has 0 atom stereocenters. The average Bonchev–Trinajstić information content (AvgIpc) is 3.23. The molecule has 4 rings (SSSR count). The highest BCUT2D eigenvalue weighted by atomic mass is 32.2. The van der Waals surface area contributed by atoms with E-state index in [-0.39, 0.29) is 17.5 Å². The Morgan fingerprint density at radius 3 is 2.74 bits per heavy atom. The summed E-state index contributed by atoms with van der Waals surface area (Å²) in [5, 5.41) is 0.744. The molecule has 31 heavy (non-hydrogen) atoms. The van der Waals surface area contributed by atoms with Gasteiger partial charge in [0.2, 0.25) is 5.91 Å². The molecule has 164 valence electrons. The molecular formula is C23H26FN3O2S2. The number of ether oxygens (including phenoxy) is 1. The molecule has 1 fully saturated rings. The summed E-state index contributed by atoms with van der Waals surface area (Å²) in [6, 6.07) is 12.5. The van der Waals surface area contributed by atoms with Gasteiger partial charge in [0.1, 0.15) is 5.82 Å². The number of anilines is 1. The molecule has 3 aromatic rings. The number of halogens is 1. The van der Waals surface area contributed by atoms with Crippen LogP contribution in [0.5, 0.6) is 0 Å². The first kappa shape index (κ1) is 22.2. The number of nitrogens with zero attached hydrogens (tertiary/aromatic N) is 3. The van der Waals surface area contributed by atoms with E-state index in [9.17, 15) is 9.18 Å². The zero-order chi connectivity index (χ0) is 21.6. The third kappa shape index (κ3) is 5.63. The van der Waals surface area contributed by atoms with Gasteiger partial charge >= 0.3 is 0 Å². The van der Waals surface area contributed by atoms with Gasteiger partial charge in [-0.1, -0.05) is 30.4 Å². The van der Waals surface area contributed by atoms with E-state index in [4.69, 9.17) is 9.72 Å². The van der Waals surface area contributed by atoms with Crippen LogP contribution in [-0.4, -0.2) is 60.9 Å². The quantitative estimate of drug-likeness (QED) is 0.466. The number of rotatable bonds is 8. The third-order valence-corrected chi connectivity index (χ3v) is 7.36. The maximum atomic E-state index is 13.2. The van der Waals surface area contributed by atoms with Gasteiger partial charge in [-0.05, 0) is 42.3 Å². The van der Waals surface area contributed by atoms with Crippen LogP contribution >= 0.6 is 23.1 Å². The Kier molecular flexibility index (Phi) is 7.55. The molecule has 0 radical (unpaired) electrons. The van der Waals surface area contributed by atoms with Crippen LogP contribution < -0.4 is 4.90 Å². The second kappa shape index (κ2) is 10.5. The molecule has 1 aromatic heterocycles.